The molecule has 30 heavy (non-hydrogen) atoms. The maximum atomic E-state index is 13.3. The van der Waals surface area contributed by atoms with Gasteiger partial charge < -0.3 is 9.15 Å². The molecular formula is C24H16ClFO4. The quantitative estimate of drug-likeness (QED) is 0.376. The molecular weight excluding hydrogens is 407 g/mol. The number of esters is 1. The van der Waals surface area contributed by atoms with Gasteiger partial charge in [0, 0.05) is 10.6 Å². The predicted octanol–water partition coefficient (Wildman–Crippen LogP) is 6.03. The van der Waals surface area contributed by atoms with E-state index in [0.29, 0.717) is 21.6 Å². The summed E-state index contributed by atoms with van der Waals surface area (Å²) >= 11 is 5.97. The Morgan fingerprint density at radius 1 is 1.03 bits per heavy atom. The normalized spacial score (nSPS) is 10.9. The Morgan fingerprint density at radius 2 is 1.73 bits per heavy atom. The van der Waals surface area contributed by atoms with Crippen molar-refractivity contribution in [2.24, 2.45) is 0 Å². The molecule has 150 valence electrons. The van der Waals surface area contributed by atoms with Gasteiger partial charge in [-0.3, -0.25) is 4.79 Å². The van der Waals surface area contributed by atoms with Crippen LogP contribution >= 0.6 is 11.6 Å². The summed E-state index contributed by atoms with van der Waals surface area (Å²) in [5, 5.41) is 0.827. The standard InChI is InChI=1S/C24H16ClFO4/c1-2-14-3-12-20-19(13-14)21(27)23(22(29-20)15-4-8-17(25)9-5-15)30-24(28)16-6-10-18(26)11-7-16/h3-13H,2H2,1H3. The molecule has 0 aliphatic rings. The predicted molar refractivity (Wildman–Crippen MR) is 114 cm³/mol. The van der Waals surface area contributed by atoms with Gasteiger partial charge in [0.05, 0.1) is 10.9 Å². The summed E-state index contributed by atoms with van der Waals surface area (Å²) < 4.78 is 24.6. The van der Waals surface area contributed by atoms with E-state index in [2.05, 4.69) is 0 Å². The van der Waals surface area contributed by atoms with Crippen molar-refractivity contribution in [3.05, 3.63) is 98.9 Å². The Morgan fingerprint density at radius 3 is 2.40 bits per heavy atom. The van der Waals surface area contributed by atoms with Crippen molar-refractivity contribution in [2.75, 3.05) is 0 Å². The van der Waals surface area contributed by atoms with Gasteiger partial charge in [0.1, 0.15) is 11.4 Å². The molecule has 0 unspecified atom stereocenters. The summed E-state index contributed by atoms with van der Waals surface area (Å²) in [4.78, 5) is 25.9. The lowest BCUT2D eigenvalue weighted by molar-refractivity contribution is 0.0731. The SMILES string of the molecule is CCc1ccc2oc(-c3ccc(Cl)cc3)c(OC(=O)c3ccc(F)cc3)c(=O)c2c1. The summed E-state index contributed by atoms with van der Waals surface area (Å²) in [5.41, 5.74) is 1.50. The number of benzene rings is 3. The average Bonchev–Trinajstić information content (AvgIpc) is 2.76. The summed E-state index contributed by atoms with van der Waals surface area (Å²) in [7, 11) is 0. The zero-order chi connectivity index (χ0) is 21.3. The number of fused-ring (bicyclic) bond motifs is 1. The number of hydrogen-bond acceptors (Lipinski definition) is 4. The third-order valence-corrected chi connectivity index (χ3v) is 4.95. The molecule has 0 aliphatic carbocycles. The highest BCUT2D eigenvalue weighted by atomic mass is 35.5. The molecule has 0 aliphatic heterocycles. The minimum atomic E-state index is -0.788. The second-order valence-corrected chi connectivity index (χ2v) is 7.11. The van der Waals surface area contributed by atoms with Crippen molar-refractivity contribution in [1.29, 1.82) is 0 Å². The molecule has 6 heteroatoms. The number of aryl methyl sites for hydroxylation is 1. The monoisotopic (exact) mass is 422 g/mol. The van der Waals surface area contributed by atoms with Crippen LogP contribution in [0.15, 0.2) is 75.9 Å². The van der Waals surface area contributed by atoms with Gasteiger partial charge in [0.2, 0.25) is 11.2 Å². The highest BCUT2D eigenvalue weighted by Gasteiger charge is 2.21. The number of carbonyl (C=O) groups is 1. The van der Waals surface area contributed by atoms with Gasteiger partial charge in [-0.15, -0.1) is 0 Å². The van der Waals surface area contributed by atoms with E-state index in [1.807, 2.05) is 13.0 Å². The Labute approximate surface area is 176 Å². The fraction of sp³-hybridized carbons (Fsp3) is 0.0833. The minimum Gasteiger partial charge on any atom is -0.452 e. The van der Waals surface area contributed by atoms with Crippen LogP contribution in [0.5, 0.6) is 5.75 Å². The van der Waals surface area contributed by atoms with Crippen molar-refractivity contribution in [3.63, 3.8) is 0 Å². The lowest BCUT2D eigenvalue weighted by atomic mass is 10.1. The number of halogens is 2. The second-order valence-electron chi connectivity index (χ2n) is 6.68. The summed E-state index contributed by atoms with van der Waals surface area (Å²) in [6, 6.07) is 16.8. The van der Waals surface area contributed by atoms with E-state index in [9.17, 15) is 14.0 Å². The molecule has 0 atom stereocenters. The van der Waals surface area contributed by atoms with Crippen LogP contribution in [0, 0.1) is 5.82 Å². The maximum absolute atomic E-state index is 13.3. The fourth-order valence-electron chi connectivity index (χ4n) is 3.07. The molecule has 0 amide bonds. The molecule has 1 aromatic heterocycles. The van der Waals surface area contributed by atoms with Crippen LogP contribution in [-0.2, 0) is 6.42 Å². The summed E-state index contributed by atoms with van der Waals surface area (Å²) in [6.07, 6.45) is 0.735. The van der Waals surface area contributed by atoms with E-state index in [4.69, 9.17) is 20.8 Å². The van der Waals surface area contributed by atoms with Crippen LogP contribution < -0.4 is 10.2 Å². The molecule has 3 aromatic carbocycles. The highest BCUT2D eigenvalue weighted by molar-refractivity contribution is 6.30. The molecule has 0 N–H and O–H groups in total. The van der Waals surface area contributed by atoms with E-state index < -0.39 is 17.2 Å². The van der Waals surface area contributed by atoms with Gasteiger partial charge in [-0.2, -0.15) is 0 Å². The van der Waals surface area contributed by atoms with E-state index in [1.54, 1.807) is 36.4 Å². The van der Waals surface area contributed by atoms with Crippen LogP contribution in [0.4, 0.5) is 4.39 Å². The fourth-order valence-corrected chi connectivity index (χ4v) is 3.19. The van der Waals surface area contributed by atoms with Gasteiger partial charge in [-0.25, -0.2) is 9.18 Å². The molecule has 1 heterocycles. The maximum Gasteiger partial charge on any atom is 0.343 e. The molecule has 0 saturated carbocycles. The van der Waals surface area contributed by atoms with Crippen molar-refractivity contribution in [3.8, 4) is 17.1 Å². The lowest BCUT2D eigenvalue weighted by Gasteiger charge is -2.11. The van der Waals surface area contributed by atoms with Crippen LogP contribution in [0.1, 0.15) is 22.8 Å². The molecule has 0 saturated heterocycles. The average molecular weight is 423 g/mol. The molecule has 0 fully saturated rings. The topological polar surface area (TPSA) is 56.5 Å². The summed E-state index contributed by atoms with van der Waals surface area (Å²) in [6.45, 7) is 1.97. The van der Waals surface area contributed by atoms with Gasteiger partial charge >= 0.3 is 5.97 Å². The zero-order valence-corrected chi connectivity index (χ0v) is 16.7. The second kappa shape index (κ2) is 8.13. The first-order valence-electron chi connectivity index (χ1n) is 9.29. The lowest BCUT2D eigenvalue weighted by Crippen LogP contribution is -2.16. The van der Waals surface area contributed by atoms with Gasteiger partial charge in [0.15, 0.2) is 5.76 Å². The van der Waals surface area contributed by atoms with Crippen molar-refractivity contribution in [2.45, 2.75) is 13.3 Å². The Balaban J connectivity index is 1.89. The van der Waals surface area contributed by atoms with Gasteiger partial charge in [-0.1, -0.05) is 24.6 Å². The third-order valence-electron chi connectivity index (χ3n) is 4.70. The van der Waals surface area contributed by atoms with E-state index in [-0.39, 0.29) is 17.1 Å². The molecule has 4 rings (SSSR count). The molecule has 0 spiro atoms. The van der Waals surface area contributed by atoms with E-state index in [0.717, 1.165) is 24.1 Å². The highest BCUT2D eigenvalue weighted by Crippen LogP contribution is 2.32. The van der Waals surface area contributed by atoms with Crippen molar-refractivity contribution >= 4 is 28.5 Å². The Kier molecular flexibility index (Phi) is 5.38. The van der Waals surface area contributed by atoms with Crippen LogP contribution in [-0.4, -0.2) is 5.97 Å². The first-order chi connectivity index (χ1) is 14.5. The van der Waals surface area contributed by atoms with Gasteiger partial charge in [-0.05, 0) is 72.6 Å². The number of ether oxygens (including phenoxy) is 1. The van der Waals surface area contributed by atoms with Crippen LogP contribution in [0.3, 0.4) is 0 Å². The largest absolute Gasteiger partial charge is 0.452 e. The Bertz CT molecular complexity index is 1290. The molecule has 4 aromatic rings. The minimum absolute atomic E-state index is 0.111. The van der Waals surface area contributed by atoms with Crippen LogP contribution in [0.2, 0.25) is 5.02 Å². The third kappa shape index (κ3) is 3.84. The van der Waals surface area contributed by atoms with Crippen molar-refractivity contribution in [1.82, 2.24) is 0 Å². The number of hydrogen-bond donors (Lipinski definition) is 0. The van der Waals surface area contributed by atoms with E-state index in [1.165, 1.54) is 12.1 Å². The number of carbonyl (C=O) groups excluding carboxylic acids is 1. The molecule has 0 radical (unpaired) electrons. The summed E-state index contributed by atoms with van der Waals surface area (Å²) in [5.74, 6) is -1.38. The zero-order valence-electron chi connectivity index (χ0n) is 15.9. The van der Waals surface area contributed by atoms with Crippen molar-refractivity contribution < 1.29 is 18.3 Å². The van der Waals surface area contributed by atoms with Gasteiger partial charge in [0.25, 0.3) is 0 Å². The number of rotatable bonds is 4. The molecule has 4 nitrogen and oxygen atoms in total. The first-order valence-corrected chi connectivity index (χ1v) is 9.67. The smallest absolute Gasteiger partial charge is 0.343 e. The van der Waals surface area contributed by atoms with Crippen LogP contribution in [0.25, 0.3) is 22.3 Å². The van der Waals surface area contributed by atoms with E-state index >= 15 is 0 Å². The Hall–Kier alpha value is -3.44. The first kappa shape index (κ1) is 19.9. The molecule has 0 bridgehead atoms.